The lowest BCUT2D eigenvalue weighted by Crippen LogP contribution is -2.54. The number of hydrogen-bond acceptors (Lipinski definition) is 13. The van der Waals surface area contributed by atoms with E-state index in [0.29, 0.717) is 22.8 Å². The summed E-state index contributed by atoms with van der Waals surface area (Å²) in [6.07, 6.45) is 0.748. The molecular formula is C31H47N7O10S. The van der Waals surface area contributed by atoms with E-state index in [1.807, 2.05) is 32.3 Å². The molecule has 0 saturated heterocycles. The number of hydrazine groups is 1. The molecule has 0 radical (unpaired) electrons. The number of amides is 1. The number of ether oxygens (including phenoxy) is 4. The smallest absolute Gasteiger partial charge is 0.338 e. The summed E-state index contributed by atoms with van der Waals surface area (Å²) in [5.74, 6) is -2.30. The fraction of sp³-hybridized carbons (Fsp3) is 0.484. The number of nitro groups is 1. The van der Waals surface area contributed by atoms with Crippen molar-refractivity contribution in [3.63, 3.8) is 0 Å². The van der Waals surface area contributed by atoms with Gasteiger partial charge >= 0.3 is 17.8 Å². The summed E-state index contributed by atoms with van der Waals surface area (Å²) in [5.41, 5.74) is 11.4. The lowest BCUT2D eigenvalue weighted by molar-refractivity contribution is -0.640. The summed E-state index contributed by atoms with van der Waals surface area (Å²) in [6, 6.07) is 10.3. The van der Waals surface area contributed by atoms with Gasteiger partial charge in [-0.3, -0.25) is 15.1 Å². The van der Waals surface area contributed by atoms with Gasteiger partial charge in [0.05, 0.1) is 38.5 Å². The quantitative estimate of drug-likeness (QED) is 0.0246. The fourth-order valence-electron chi connectivity index (χ4n) is 4.77. The number of thiol groups is 1. The first-order chi connectivity index (χ1) is 23.1. The largest absolute Gasteiger partial charge is 0.493 e. The van der Waals surface area contributed by atoms with Crippen molar-refractivity contribution in [3.8, 4) is 17.2 Å². The van der Waals surface area contributed by atoms with Crippen molar-refractivity contribution in [1.29, 1.82) is 5.41 Å². The van der Waals surface area contributed by atoms with E-state index in [1.54, 1.807) is 12.1 Å². The second-order valence-electron chi connectivity index (χ2n) is 10.7. The number of nitrogens with two attached hydrogens (primary N) is 2. The highest BCUT2D eigenvalue weighted by Gasteiger charge is 2.40. The number of aliphatic carboxylic acids is 1. The number of hydrogen-bond donors (Lipinski definition) is 6. The molecule has 0 spiro atoms. The minimum Gasteiger partial charge on any atom is -0.493 e. The van der Waals surface area contributed by atoms with E-state index in [9.17, 15) is 24.5 Å². The number of benzene rings is 2. The van der Waals surface area contributed by atoms with E-state index in [2.05, 4.69) is 41.9 Å². The summed E-state index contributed by atoms with van der Waals surface area (Å²) < 4.78 is 21.7. The van der Waals surface area contributed by atoms with E-state index in [1.165, 1.54) is 21.3 Å². The van der Waals surface area contributed by atoms with Crippen LogP contribution >= 0.6 is 12.6 Å². The molecule has 0 aliphatic rings. The fourth-order valence-corrected chi connectivity index (χ4v) is 4.93. The third-order valence-corrected chi connectivity index (χ3v) is 7.95. The van der Waals surface area contributed by atoms with Crippen molar-refractivity contribution < 1.29 is 43.5 Å². The van der Waals surface area contributed by atoms with E-state index in [4.69, 9.17) is 40.9 Å². The molecule has 0 heterocycles. The molecule has 0 aliphatic heterocycles. The second-order valence-corrected chi connectivity index (χ2v) is 11.0. The number of guanidine groups is 1. The number of likely N-dealkylation sites (N-methyl/N-ethyl adjacent to an activating group) is 1. The number of carbonyl (C=O) groups excluding carboxylic acids is 2. The van der Waals surface area contributed by atoms with Crippen LogP contribution in [0.2, 0.25) is 0 Å². The minimum atomic E-state index is -1.66. The first-order valence-corrected chi connectivity index (χ1v) is 15.6. The van der Waals surface area contributed by atoms with Crippen molar-refractivity contribution in [2.45, 2.75) is 43.8 Å². The first kappa shape index (κ1) is 42.2. The number of carboxylic acid groups (broad SMARTS) is 1. The van der Waals surface area contributed by atoms with Crippen LogP contribution in [0.4, 0.5) is 0 Å². The van der Waals surface area contributed by atoms with Crippen LogP contribution in [0.3, 0.4) is 0 Å². The molecule has 2 aromatic rings. The number of nitrogens with one attached hydrogen (secondary N) is 2. The predicted molar refractivity (Wildman–Crippen MR) is 185 cm³/mol. The van der Waals surface area contributed by atoms with Gasteiger partial charge in [-0.25, -0.2) is 19.7 Å². The number of esters is 1. The van der Waals surface area contributed by atoms with E-state index >= 15 is 0 Å². The Hall–Kier alpha value is -4.81. The Morgan fingerprint density at radius 2 is 1.67 bits per heavy atom. The van der Waals surface area contributed by atoms with Crippen molar-refractivity contribution in [3.05, 3.63) is 63.7 Å². The Bertz CT molecular complexity index is 1390. The zero-order valence-electron chi connectivity index (χ0n) is 28.5. The molecule has 49 heavy (non-hydrogen) atoms. The van der Waals surface area contributed by atoms with E-state index in [-0.39, 0.29) is 42.7 Å². The molecule has 0 fully saturated rings. The SMILES string of the molecule is CCC(COC(=O)c1cc(OC)c(OC)c(OC)c1)(c1ccccc1)N(C)C.N=C(N)NCCCC(C(=O)O)N(C(=O)C(N)CS)[N+](=O)[O-]. The summed E-state index contributed by atoms with van der Waals surface area (Å²) >= 11 is 3.76. The van der Waals surface area contributed by atoms with E-state index in [0.717, 1.165) is 12.0 Å². The van der Waals surface area contributed by atoms with Gasteiger partial charge in [-0.2, -0.15) is 12.6 Å². The van der Waals surface area contributed by atoms with Crippen molar-refractivity contribution in [1.82, 2.24) is 15.2 Å². The molecule has 17 nitrogen and oxygen atoms in total. The van der Waals surface area contributed by atoms with Gasteiger partial charge in [-0.1, -0.05) is 37.3 Å². The van der Waals surface area contributed by atoms with Crippen LogP contribution in [0, 0.1) is 15.5 Å². The average molecular weight is 710 g/mol. The average Bonchev–Trinajstić information content (AvgIpc) is 3.08. The molecule has 7 N–H and O–H groups in total. The summed E-state index contributed by atoms with van der Waals surface area (Å²) in [7, 11) is 8.52. The third-order valence-electron chi connectivity index (χ3n) is 7.56. The normalized spacial score (nSPS) is 13.0. The molecule has 18 heteroatoms. The molecule has 0 bridgehead atoms. The maximum atomic E-state index is 12.8. The van der Waals surface area contributed by atoms with Gasteiger partial charge in [0.25, 0.3) is 0 Å². The highest BCUT2D eigenvalue weighted by molar-refractivity contribution is 7.80. The Morgan fingerprint density at radius 3 is 2.08 bits per heavy atom. The number of nitrogens with zero attached hydrogens (tertiary/aromatic N) is 3. The highest BCUT2D eigenvalue weighted by Crippen LogP contribution is 2.38. The lowest BCUT2D eigenvalue weighted by atomic mass is 9.87. The van der Waals surface area contributed by atoms with Gasteiger partial charge in [0.15, 0.2) is 28.5 Å². The topological polar surface area (TPSA) is 246 Å². The highest BCUT2D eigenvalue weighted by atomic mass is 32.1. The predicted octanol–water partition coefficient (Wildman–Crippen LogP) is 1.72. The second kappa shape index (κ2) is 20.5. The Balaban J connectivity index is 0.000000513. The molecule has 3 unspecified atom stereocenters. The monoisotopic (exact) mass is 709 g/mol. The van der Waals surface area contributed by atoms with Gasteiger partial charge in [-0.15, -0.1) is 0 Å². The van der Waals surface area contributed by atoms with Gasteiger partial charge in [0.2, 0.25) is 5.75 Å². The maximum Gasteiger partial charge on any atom is 0.338 e. The molecule has 0 aromatic heterocycles. The van der Waals surface area contributed by atoms with Crippen LogP contribution in [-0.4, -0.2) is 110 Å². The van der Waals surface area contributed by atoms with Crippen molar-refractivity contribution in [2.75, 3.05) is 54.3 Å². The van der Waals surface area contributed by atoms with Crippen molar-refractivity contribution >= 4 is 36.4 Å². The molecule has 1 amide bonds. The molecule has 0 aliphatic carbocycles. The Morgan fingerprint density at radius 1 is 1.10 bits per heavy atom. The van der Waals surface area contributed by atoms with Crippen LogP contribution in [0.25, 0.3) is 0 Å². The zero-order chi connectivity index (χ0) is 37.3. The zero-order valence-corrected chi connectivity index (χ0v) is 29.4. The van der Waals surface area contributed by atoms with Crippen LogP contribution in [-0.2, 0) is 19.9 Å². The maximum absolute atomic E-state index is 12.8. The molecule has 272 valence electrons. The minimum absolute atomic E-state index is 0.0109. The Labute approximate surface area is 290 Å². The van der Waals surface area contributed by atoms with E-state index < -0.39 is 40.5 Å². The van der Waals surface area contributed by atoms with Crippen molar-refractivity contribution in [2.24, 2.45) is 11.5 Å². The van der Waals surface area contributed by atoms with Crippen LogP contribution in [0.15, 0.2) is 42.5 Å². The Kier molecular flexibility index (Phi) is 17.7. The number of methoxy groups -OCH3 is 3. The summed E-state index contributed by atoms with van der Waals surface area (Å²) in [6.45, 7) is 2.45. The van der Waals surface area contributed by atoms with Crippen LogP contribution < -0.4 is 31.0 Å². The molecule has 3 atom stereocenters. The third kappa shape index (κ3) is 11.7. The lowest BCUT2D eigenvalue weighted by Gasteiger charge is -2.39. The molecular weight excluding hydrogens is 662 g/mol. The van der Waals surface area contributed by atoms with Gasteiger partial charge in [0, 0.05) is 12.3 Å². The molecule has 2 aromatic carbocycles. The molecule has 0 saturated carbocycles. The number of carboxylic acids is 1. The first-order valence-electron chi connectivity index (χ1n) is 15.0. The van der Waals surface area contributed by atoms with Gasteiger partial charge in [-0.05, 0) is 56.1 Å². The number of carbonyl (C=O) groups is 3. The summed E-state index contributed by atoms with van der Waals surface area (Å²) in [4.78, 5) is 48.8. The van der Waals surface area contributed by atoms with Crippen LogP contribution in [0.5, 0.6) is 17.2 Å². The molecule has 2 rings (SSSR count). The number of rotatable bonds is 18. The standard InChI is InChI=1S/C22H29NO5.C9H18N6O5S/c1-7-22(23(2)3,17-11-9-8-10-12-17)15-28-21(24)16-13-18(25-4)20(27-6)19(14-16)26-5;10-5(4-21)7(16)14(15(19)20)6(8(17)18)2-1-3-13-9(11)12/h8-14H,7,15H2,1-6H3;5-6,21H,1-4,10H2,(H,17,18)(H4,11,12,13). The van der Waals surface area contributed by atoms with Gasteiger partial charge in [0.1, 0.15) is 6.61 Å². The summed E-state index contributed by atoms with van der Waals surface area (Å²) in [5, 5.41) is 28.3. The van der Waals surface area contributed by atoms with Gasteiger partial charge < -0.3 is 40.8 Å². The van der Waals surface area contributed by atoms with Crippen LogP contribution in [0.1, 0.15) is 42.1 Å².